The highest BCUT2D eigenvalue weighted by atomic mass is 35.5. The van der Waals surface area contributed by atoms with Gasteiger partial charge < -0.3 is 5.43 Å². The fraction of sp³-hybridized carbons (Fsp3) is 0.444. The van der Waals surface area contributed by atoms with Crippen LogP contribution in [0.3, 0.4) is 0 Å². The van der Waals surface area contributed by atoms with E-state index >= 15 is 0 Å². The van der Waals surface area contributed by atoms with E-state index in [2.05, 4.69) is 10.5 Å². The zero-order valence-electron chi connectivity index (χ0n) is 7.38. The number of hydrazone groups is 1. The molecule has 0 saturated heterocycles. The highest BCUT2D eigenvalue weighted by molar-refractivity contribution is 7.14. The molecule has 1 aliphatic carbocycles. The maximum absolute atomic E-state index is 5.82. The minimum atomic E-state index is 0.615. The van der Waals surface area contributed by atoms with Gasteiger partial charge in [-0.1, -0.05) is 11.6 Å². The van der Waals surface area contributed by atoms with Crippen LogP contribution in [0.4, 0.5) is 0 Å². The Balaban J connectivity index is 2.02. The van der Waals surface area contributed by atoms with E-state index in [1.54, 1.807) is 0 Å². The Morgan fingerprint density at radius 3 is 3.00 bits per heavy atom. The van der Waals surface area contributed by atoms with Crippen LogP contribution in [-0.2, 0) is 0 Å². The standard InChI is InChI=1S/C9H11ClN2S/c1-6(11-12-8-2-3-8)7-4-9(10)13-5-7/h4-5,8,12H,2-3H2,1H3/b11-6+. The van der Waals surface area contributed by atoms with Gasteiger partial charge in [0.15, 0.2) is 0 Å². The third-order valence-corrected chi connectivity index (χ3v) is 3.07. The fourth-order valence-electron chi connectivity index (χ4n) is 0.965. The van der Waals surface area contributed by atoms with Gasteiger partial charge in [-0.2, -0.15) is 5.10 Å². The van der Waals surface area contributed by atoms with E-state index in [0.29, 0.717) is 6.04 Å². The molecule has 2 rings (SSSR count). The Kier molecular flexibility index (Phi) is 2.56. The lowest BCUT2D eigenvalue weighted by Crippen LogP contribution is -2.10. The van der Waals surface area contributed by atoms with Crippen molar-refractivity contribution in [2.45, 2.75) is 25.8 Å². The van der Waals surface area contributed by atoms with Crippen LogP contribution >= 0.6 is 22.9 Å². The summed E-state index contributed by atoms with van der Waals surface area (Å²) < 4.78 is 0.816. The van der Waals surface area contributed by atoms with Gasteiger partial charge in [-0.25, -0.2) is 0 Å². The summed E-state index contributed by atoms with van der Waals surface area (Å²) in [6.07, 6.45) is 2.50. The van der Waals surface area contributed by atoms with Gasteiger partial charge in [0.1, 0.15) is 0 Å². The zero-order chi connectivity index (χ0) is 9.26. The summed E-state index contributed by atoms with van der Waals surface area (Å²) in [5.74, 6) is 0. The maximum Gasteiger partial charge on any atom is 0.0935 e. The second kappa shape index (κ2) is 3.68. The first-order chi connectivity index (χ1) is 6.25. The number of hydrogen-bond acceptors (Lipinski definition) is 3. The van der Waals surface area contributed by atoms with E-state index in [-0.39, 0.29) is 0 Å². The third-order valence-electron chi connectivity index (χ3n) is 1.98. The second-order valence-corrected chi connectivity index (χ2v) is 4.78. The molecule has 0 bridgehead atoms. The van der Waals surface area contributed by atoms with Gasteiger partial charge in [0.25, 0.3) is 0 Å². The van der Waals surface area contributed by atoms with Crippen LogP contribution in [0.5, 0.6) is 0 Å². The molecule has 13 heavy (non-hydrogen) atoms. The van der Waals surface area contributed by atoms with Crippen molar-refractivity contribution >= 4 is 28.6 Å². The molecule has 0 atom stereocenters. The molecule has 0 unspecified atom stereocenters. The van der Waals surface area contributed by atoms with Gasteiger partial charge in [0.05, 0.1) is 10.0 Å². The lowest BCUT2D eigenvalue weighted by molar-refractivity contribution is 0.737. The molecule has 1 heterocycles. The Morgan fingerprint density at radius 1 is 1.69 bits per heavy atom. The molecule has 0 radical (unpaired) electrons. The van der Waals surface area contributed by atoms with Gasteiger partial charge in [-0.15, -0.1) is 11.3 Å². The predicted octanol–water partition coefficient (Wildman–Crippen LogP) is 2.88. The van der Waals surface area contributed by atoms with Gasteiger partial charge in [0.2, 0.25) is 0 Å². The van der Waals surface area contributed by atoms with Gasteiger partial charge in [-0.3, -0.25) is 0 Å². The van der Waals surface area contributed by atoms with E-state index in [4.69, 9.17) is 11.6 Å². The average Bonchev–Trinajstić information content (AvgIpc) is 2.84. The summed E-state index contributed by atoms with van der Waals surface area (Å²) in [6, 6.07) is 2.56. The Morgan fingerprint density at radius 2 is 2.46 bits per heavy atom. The van der Waals surface area contributed by atoms with Gasteiger partial charge in [0, 0.05) is 17.0 Å². The molecule has 1 aromatic rings. The Labute approximate surface area is 86.6 Å². The maximum atomic E-state index is 5.82. The van der Waals surface area contributed by atoms with Crippen molar-refractivity contribution in [2.24, 2.45) is 5.10 Å². The van der Waals surface area contributed by atoms with Crippen LogP contribution in [-0.4, -0.2) is 11.8 Å². The highest BCUT2D eigenvalue weighted by Gasteiger charge is 2.20. The molecule has 2 nitrogen and oxygen atoms in total. The molecule has 1 N–H and O–H groups in total. The van der Waals surface area contributed by atoms with E-state index in [1.165, 1.54) is 24.2 Å². The van der Waals surface area contributed by atoms with Gasteiger partial charge in [-0.05, 0) is 25.8 Å². The average molecular weight is 215 g/mol. The van der Waals surface area contributed by atoms with Crippen molar-refractivity contribution < 1.29 is 0 Å². The molecular weight excluding hydrogens is 204 g/mol. The van der Waals surface area contributed by atoms with Gasteiger partial charge >= 0.3 is 0 Å². The van der Waals surface area contributed by atoms with Crippen molar-refractivity contribution in [1.82, 2.24) is 5.43 Å². The van der Waals surface area contributed by atoms with Crippen LogP contribution < -0.4 is 5.43 Å². The molecule has 1 fully saturated rings. The van der Waals surface area contributed by atoms with Crippen molar-refractivity contribution in [1.29, 1.82) is 0 Å². The lowest BCUT2D eigenvalue weighted by Gasteiger charge is -1.98. The number of rotatable bonds is 3. The first-order valence-electron chi connectivity index (χ1n) is 4.30. The van der Waals surface area contributed by atoms with E-state index in [0.717, 1.165) is 15.6 Å². The SMILES string of the molecule is C/C(=N\NC1CC1)c1csc(Cl)c1. The van der Waals surface area contributed by atoms with Crippen LogP contribution in [0.25, 0.3) is 0 Å². The zero-order valence-corrected chi connectivity index (χ0v) is 8.95. The first-order valence-corrected chi connectivity index (χ1v) is 5.55. The summed E-state index contributed by atoms with van der Waals surface area (Å²) in [7, 11) is 0. The van der Waals surface area contributed by atoms with Crippen LogP contribution in [0.1, 0.15) is 25.3 Å². The number of thiophene rings is 1. The molecule has 0 aromatic carbocycles. The van der Waals surface area contributed by atoms with E-state index in [9.17, 15) is 0 Å². The van der Waals surface area contributed by atoms with E-state index < -0.39 is 0 Å². The molecular formula is C9H11ClN2S. The molecule has 0 amide bonds. The second-order valence-electron chi connectivity index (χ2n) is 3.24. The molecule has 0 spiro atoms. The number of nitrogens with zero attached hydrogens (tertiary/aromatic N) is 1. The first kappa shape index (κ1) is 9.03. The minimum Gasteiger partial charge on any atom is -0.307 e. The summed E-state index contributed by atoms with van der Waals surface area (Å²) in [5, 5.41) is 6.31. The molecule has 1 saturated carbocycles. The fourth-order valence-corrected chi connectivity index (χ4v) is 1.89. The third kappa shape index (κ3) is 2.45. The highest BCUT2D eigenvalue weighted by Crippen LogP contribution is 2.21. The van der Waals surface area contributed by atoms with Crippen LogP contribution in [0.15, 0.2) is 16.5 Å². The summed E-state index contributed by atoms with van der Waals surface area (Å²) in [5.41, 5.74) is 5.24. The summed E-state index contributed by atoms with van der Waals surface area (Å²) in [6.45, 7) is 1.99. The quantitative estimate of drug-likeness (QED) is 0.607. The molecule has 70 valence electrons. The molecule has 1 aromatic heterocycles. The van der Waals surface area contributed by atoms with Crippen molar-refractivity contribution in [3.05, 3.63) is 21.3 Å². The monoisotopic (exact) mass is 214 g/mol. The Hall–Kier alpha value is -0.540. The number of hydrogen-bond donors (Lipinski definition) is 1. The number of nitrogens with one attached hydrogen (secondary N) is 1. The molecule has 4 heteroatoms. The lowest BCUT2D eigenvalue weighted by atomic mass is 10.2. The summed E-state index contributed by atoms with van der Waals surface area (Å²) >= 11 is 7.36. The van der Waals surface area contributed by atoms with Crippen molar-refractivity contribution in [3.63, 3.8) is 0 Å². The predicted molar refractivity (Wildman–Crippen MR) is 57.7 cm³/mol. The largest absolute Gasteiger partial charge is 0.307 e. The molecule has 1 aliphatic rings. The van der Waals surface area contributed by atoms with Crippen molar-refractivity contribution in [3.8, 4) is 0 Å². The van der Waals surface area contributed by atoms with Crippen LogP contribution in [0.2, 0.25) is 4.34 Å². The van der Waals surface area contributed by atoms with E-state index in [1.807, 2.05) is 18.4 Å². The van der Waals surface area contributed by atoms with Crippen molar-refractivity contribution in [2.75, 3.05) is 0 Å². The smallest absolute Gasteiger partial charge is 0.0935 e. The topological polar surface area (TPSA) is 24.4 Å². The summed E-state index contributed by atoms with van der Waals surface area (Å²) in [4.78, 5) is 0. The Bertz CT molecular complexity index is 328. The van der Waals surface area contributed by atoms with Crippen LogP contribution in [0, 0.1) is 0 Å². The molecule has 0 aliphatic heterocycles. The normalized spacial score (nSPS) is 17.5. The minimum absolute atomic E-state index is 0.615. The number of halogens is 1.